The average Bonchev–Trinajstić information content (AvgIpc) is 2.24. The van der Waals surface area contributed by atoms with Gasteiger partial charge in [0.1, 0.15) is 0 Å². The van der Waals surface area contributed by atoms with Gasteiger partial charge in [0.2, 0.25) is 5.88 Å². The van der Waals surface area contributed by atoms with Gasteiger partial charge in [-0.15, -0.1) is 11.8 Å². The van der Waals surface area contributed by atoms with Crippen molar-refractivity contribution in [3.63, 3.8) is 0 Å². The van der Waals surface area contributed by atoms with Gasteiger partial charge in [-0.3, -0.25) is 0 Å². The van der Waals surface area contributed by atoms with Crippen LogP contribution in [0.4, 0.5) is 13.2 Å². The van der Waals surface area contributed by atoms with Crippen molar-refractivity contribution < 1.29 is 17.9 Å². The van der Waals surface area contributed by atoms with E-state index in [4.69, 9.17) is 4.74 Å². The van der Waals surface area contributed by atoms with Crippen molar-refractivity contribution in [1.29, 1.82) is 0 Å². The van der Waals surface area contributed by atoms with E-state index in [1.807, 2.05) is 6.92 Å². The van der Waals surface area contributed by atoms with E-state index in [1.54, 1.807) is 0 Å². The topological polar surface area (TPSA) is 22.1 Å². The molecule has 0 unspecified atom stereocenters. The standard InChI is InChI=1S/C10H12F3NOS/c1-3-6-16-8-7(10(11,12)13)4-5-14-9(8)15-2/h4-5H,3,6H2,1-2H3. The number of ether oxygens (including phenoxy) is 1. The lowest BCUT2D eigenvalue weighted by Crippen LogP contribution is -2.08. The lowest BCUT2D eigenvalue weighted by Gasteiger charge is -2.14. The zero-order valence-corrected chi connectivity index (χ0v) is 9.78. The number of halogens is 3. The number of pyridine rings is 1. The molecule has 1 aromatic heterocycles. The molecule has 0 aromatic carbocycles. The molecular formula is C10H12F3NOS. The number of hydrogen-bond acceptors (Lipinski definition) is 3. The van der Waals surface area contributed by atoms with Gasteiger partial charge in [-0.05, 0) is 18.2 Å². The van der Waals surface area contributed by atoms with Crippen LogP contribution in [0.5, 0.6) is 5.88 Å². The summed E-state index contributed by atoms with van der Waals surface area (Å²) in [5.74, 6) is 0.638. The Balaban J connectivity index is 3.15. The molecule has 1 rings (SSSR count). The van der Waals surface area contributed by atoms with Gasteiger partial charge in [-0.2, -0.15) is 13.2 Å². The molecule has 0 saturated heterocycles. The maximum absolute atomic E-state index is 12.7. The van der Waals surface area contributed by atoms with Crippen LogP contribution < -0.4 is 4.74 Å². The highest BCUT2D eigenvalue weighted by atomic mass is 32.2. The molecule has 16 heavy (non-hydrogen) atoms. The number of aromatic nitrogens is 1. The van der Waals surface area contributed by atoms with E-state index < -0.39 is 11.7 Å². The third-order valence-electron chi connectivity index (χ3n) is 1.82. The van der Waals surface area contributed by atoms with E-state index in [0.29, 0.717) is 5.75 Å². The number of nitrogens with zero attached hydrogens (tertiary/aromatic N) is 1. The van der Waals surface area contributed by atoms with Gasteiger partial charge in [-0.1, -0.05) is 6.92 Å². The Morgan fingerprint density at radius 3 is 2.62 bits per heavy atom. The molecule has 0 aliphatic heterocycles. The first-order chi connectivity index (χ1) is 7.50. The number of hydrogen-bond donors (Lipinski definition) is 0. The van der Waals surface area contributed by atoms with Crippen molar-refractivity contribution in [2.45, 2.75) is 24.4 Å². The first-order valence-electron chi connectivity index (χ1n) is 4.73. The minimum Gasteiger partial charge on any atom is -0.480 e. The summed E-state index contributed by atoms with van der Waals surface area (Å²) in [6, 6.07) is 0.973. The Bertz CT molecular complexity index is 354. The molecule has 0 spiro atoms. The van der Waals surface area contributed by atoms with Crippen LogP contribution in [0.1, 0.15) is 18.9 Å². The zero-order valence-electron chi connectivity index (χ0n) is 8.97. The smallest absolute Gasteiger partial charge is 0.417 e. The predicted octanol–water partition coefficient (Wildman–Crippen LogP) is 3.61. The summed E-state index contributed by atoms with van der Waals surface area (Å²) in [4.78, 5) is 3.85. The quantitative estimate of drug-likeness (QED) is 0.763. The Labute approximate surface area is 96.2 Å². The van der Waals surface area contributed by atoms with E-state index >= 15 is 0 Å². The lowest BCUT2D eigenvalue weighted by molar-refractivity contribution is -0.140. The fourth-order valence-electron chi connectivity index (χ4n) is 1.14. The van der Waals surface area contributed by atoms with E-state index in [-0.39, 0.29) is 10.8 Å². The Hall–Kier alpha value is -0.910. The Morgan fingerprint density at radius 1 is 1.44 bits per heavy atom. The van der Waals surface area contributed by atoms with Crippen LogP contribution in [0.15, 0.2) is 17.2 Å². The van der Waals surface area contributed by atoms with Gasteiger partial charge in [0, 0.05) is 6.20 Å². The molecule has 0 saturated carbocycles. The van der Waals surface area contributed by atoms with E-state index in [2.05, 4.69) is 4.98 Å². The molecule has 1 heterocycles. The second-order valence-corrected chi connectivity index (χ2v) is 4.15. The largest absolute Gasteiger partial charge is 0.480 e. The lowest BCUT2D eigenvalue weighted by atomic mass is 10.2. The van der Waals surface area contributed by atoms with Crippen LogP contribution in [0.3, 0.4) is 0 Å². The summed E-state index contributed by atoms with van der Waals surface area (Å²) in [7, 11) is 1.32. The predicted molar refractivity (Wildman–Crippen MR) is 56.8 cm³/mol. The summed E-state index contributed by atoms with van der Waals surface area (Å²) in [5.41, 5.74) is -0.683. The van der Waals surface area contributed by atoms with E-state index in [1.165, 1.54) is 7.11 Å². The summed E-state index contributed by atoms with van der Waals surface area (Å²) >= 11 is 1.12. The number of methoxy groups -OCH3 is 1. The van der Waals surface area contributed by atoms with Gasteiger partial charge in [0.15, 0.2) is 0 Å². The zero-order chi connectivity index (χ0) is 12.2. The van der Waals surface area contributed by atoms with Crippen molar-refractivity contribution in [1.82, 2.24) is 4.98 Å². The maximum Gasteiger partial charge on any atom is 0.417 e. The molecule has 0 atom stereocenters. The molecule has 0 aliphatic carbocycles. The number of thioether (sulfide) groups is 1. The molecule has 0 fully saturated rings. The molecule has 0 amide bonds. The second-order valence-electron chi connectivity index (χ2n) is 3.04. The highest BCUT2D eigenvalue weighted by Crippen LogP contribution is 2.40. The van der Waals surface area contributed by atoms with E-state index in [0.717, 1.165) is 30.4 Å². The van der Waals surface area contributed by atoms with Crippen LogP contribution in [0.25, 0.3) is 0 Å². The monoisotopic (exact) mass is 251 g/mol. The SMILES string of the molecule is CCCSc1c(C(F)(F)F)ccnc1OC. The van der Waals surface area contributed by atoms with Crippen LogP contribution >= 0.6 is 11.8 Å². The number of alkyl halides is 3. The third-order valence-corrected chi connectivity index (χ3v) is 3.12. The highest BCUT2D eigenvalue weighted by Gasteiger charge is 2.35. The van der Waals surface area contributed by atoms with Gasteiger partial charge in [-0.25, -0.2) is 4.98 Å². The van der Waals surface area contributed by atoms with Crippen molar-refractivity contribution in [3.8, 4) is 5.88 Å². The fourth-order valence-corrected chi connectivity index (χ4v) is 2.15. The van der Waals surface area contributed by atoms with Crippen molar-refractivity contribution in [3.05, 3.63) is 17.8 Å². The minimum absolute atomic E-state index is 0.0354. The van der Waals surface area contributed by atoms with Gasteiger partial charge < -0.3 is 4.74 Å². The second kappa shape index (κ2) is 5.43. The average molecular weight is 251 g/mol. The molecule has 0 radical (unpaired) electrons. The Kier molecular flexibility index (Phi) is 4.46. The van der Waals surface area contributed by atoms with Crippen molar-refractivity contribution >= 4 is 11.8 Å². The first-order valence-corrected chi connectivity index (χ1v) is 5.72. The molecule has 6 heteroatoms. The summed E-state index contributed by atoms with van der Waals surface area (Å²) < 4.78 is 42.9. The van der Waals surface area contributed by atoms with Crippen LogP contribution in [-0.4, -0.2) is 17.8 Å². The fraction of sp³-hybridized carbons (Fsp3) is 0.500. The maximum atomic E-state index is 12.7. The summed E-state index contributed by atoms with van der Waals surface area (Å²) in [5, 5.41) is 0. The normalized spacial score (nSPS) is 11.6. The van der Waals surface area contributed by atoms with Gasteiger partial charge in [0.05, 0.1) is 17.6 Å². The molecule has 2 nitrogen and oxygen atoms in total. The summed E-state index contributed by atoms with van der Waals surface area (Å²) in [6.07, 6.45) is -2.47. The molecule has 0 bridgehead atoms. The summed E-state index contributed by atoms with van der Waals surface area (Å²) in [6.45, 7) is 1.91. The molecule has 0 aliphatic rings. The Morgan fingerprint density at radius 2 is 2.12 bits per heavy atom. The minimum atomic E-state index is -4.37. The van der Waals surface area contributed by atoms with Gasteiger partial charge >= 0.3 is 6.18 Å². The van der Waals surface area contributed by atoms with Crippen LogP contribution in [0, 0.1) is 0 Å². The highest BCUT2D eigenvalue weighted by molar-refractivity contribution is 7.99. The molecule has 1 aromatic rings. The molecule has 0 N–H and O–H groups in total. The van der Waals surface area contributed by atoms with E-state index in [9.17, 15) is 13.2 Å². The molecular weight excluding hydrogens is 239 g/mol. The van der Waals surface area contributed by atoms with Crippen LogP contribution in [0.2, 0.25) is 0 Å². The van der Waals surface area contributed by atoms with Crippen LogP contribution in [-0.2, 0) is 6.18 Å². The van der Waals surface area contributed by atoms with Crippen molar-refractivity contribution in [2.75, 3.05) is 12.9 Å². The number of rotatable bonds is 4. The van der Waals surface area contributed by atoms with Gasteiger partial charge in [0.25, 0.3) is 0 Å². The third kappa shape index (κ3) is 3.04. The van der Waals surface area contributed by atoms with Crippen molar-refractivity contribution in [2.24, 2.45) is 0 Å². The molecule has 90 valence electrons. The first kappa shape index (κ1) is 13.2.